The molecule has 1 fully saturated rings. The maximum atomic E-state index is 14.4. The van der Waals surface area contributed by atoms with Crippen molar-refractivity contribution in [2.75, 3.05) is 31.6 Å². The van der Waals surface area contributed by atoms with Crippen LogP contribution in [0.15, 0.2) is 41.3 Å². The van der Waals surface area contributed by atoms with E-state index in [9.17, 15) is 17.6 Å². The number of amides is 1. The Morgan fingerprint density at radius 1 is 1.07 bits per heavy atom. The second-order valence-electron chi connectivity index (χ2n) is 7.26. The number of carbonyl (C=O) groups is 1. The van der Waals surface area contributed by atoms with Crippen LogP contribution in [0, 0.1) is 5.82 Å². The second-order valence-corrected chi connectivity index (χ2v) is 9.20. The number of hydrogen-bond donors (Lipinski definition) is 1. The molecule has 2 aliphatic rings. The van der Waals surface area contributed by atoms with E-state index in [4.69, 9.17) is 4.74 Å². The number of fused-ring (bicyclic) bond motifs is 1. The molecule has 29 heavy (non-hydrogen) atoms. The Hall–Kier alpha value is -2.29. The minimum atomic E-state index is -3.82. The second kappa shape index (κ2) is 8.22. The molecule has 2 aromatic rings. The summed E-state index contributed by atoms with van der Waals surface area (Å²) in [5, 5.41) is 2.78. The van der Waals surface area contributed by atoms with Gasteiger partial charge in [0.1, 0.15) is 5.82 Å². The van der Waals surface area contributed by atoms with Crippen LogP contribution in [0.25, 0.3) is 0 Å². The number of nitrogens with one attached hydrogen (secondary N) is 1. The zero-order valence-corrected chi connectivity index (χ0v) is 16.8. The zero-order chi connectivity index (χ0) is 20.4. The maximum absolute atomic E-state index is 14.4. The standard InChI is InChI=1S/C21H23FN2O4S/c22-19-9-8-16(29(26,27)24-10-12-28-13-11-24)14-18(19)21(25)23-20-7-3-5-15-4-1-2-6-17(15)20/h3,5,7-9,14H,1-2,4,6,10-13H2,(H,23,25). The largest absolute Gasteiger partial charge is 0.379 e. The lowest BCUT2D eigenvalue weighted by atomic mass is 9.90. The number of rotatable bonds is 4. The minimum Gasteiger partial charge on any atom is -0.379 e. The molecule has 0 aromatic heterocycles. The predicted molar refractivity (Wildman–Crippen MR) is 107 cm³/mol. The first-order valence-corrected chi connectivity index (χ1v) is 11.2. The molecule has 0 saturated carbocycles. The molecular weight excluding hydrogens is 395 g/mol. The highest BCUT2D eigenvalue weighted by molar-refractivity contribution is 7.89. The first kappa shape index (κ1) is 20.0. The topological polar surface area (TPSA) is 75.7 Å². The Morgan fingerprint density at radius 3 is 2.62 bits per heavy atom. The van der Waals surface area contributed by atoms with Gasteiger partial charge in [0.25, 0.3) is 5.91 Å². The van der Waals surface area contributed by atoms with Gasteiger partial charge in [0.05, 0.1) is 23.7 Å². The lowest BCUT2D eigenvalue weighted by molar-refractivity contribution is 0.0730. The van der Waals surface area contributed by atoms with Gasteiger partial charge in [0.2, 0.25) is 10.0 Å². The number of carbonyl (C=O) groups excluding carboxylic acids is 1. The fourth-order valence-corrected chi connectivity index (χ4v) is 5.30. The number of ether oxygens (including phenoxy) is 1. The van der Waals surface area contributed by atoms with E-state index in [1.54, 1.807) is 6.07 Å². The van der Waals surface area contributed by atoms with Crippen molar-refractivity contribution >= 4 is 21.6 Å². The Labute approximate surface area is 169 Å². The van der Waals surface area contributed by atoms with Crippen LogP contribution in [0.3, 0.4) is 0 Å². The molecule has 1 amide bonds. The van der Waals surface area contributed by atoms with E-state index < -0.39 is 21.7 Å². The highest BCUT2D eigenvalue weighted by atomic mass is 32.2. The fourth-order valence-electron chi connectivity index (χ4n) is 3.86. The molecule has 0 atom stereocenters. The molecule has 1 aliphatic carbocycles. The molecule has 154 valence electrons. The van der Waals surface area contributed by atoms with Crippen molar-refractivity contribution < 1.29 is 22.3 Å². The molecule has 6 nitrogen and oxygen atoms in total. The highest BCUT2D eigenvalue weighted by Gasteiger charge is 2.28. The number of sulfonamides is 1. The Balaban J connectivity index is 1.62. The van der Waals surface area contributed by atoms with Gasteiger partial charge in [-0.2, -0.15) is 4.31 Å². The van der Waals surface area contributed by atoms with E-state index in [1.165, 1.54) is 15.9 Å². The number of halogens is 1. The Morgan fingerprint density at radius 2 is 1.83 bits per heavy atom. The number of aryl methyl sites for hydroxylation is 1. The van der Waals surface area contributed by atoms with Crippen LogP contribution < -0.4 is 5.32 Å². The van der Waals surface area contributed by atoms with Crippen LogP contribution in [0.4, 0.5) is 10.1 Å². The van der Waals surface area contributed by atoms with Crippen molar-refractivity contribution in [2.45, 2.75) is 30.6 Å². The number of morpholine rings is 1. The van der Waals surface area contributed by atoms with Crippen molar-refractivity contribution in [2.24, 2.45) is 0 Å². The Kier molecular flexibility index (Phi) is 5.67. The molecule has 0 unspecified atom stereocenters. The highest BCUT2D eigenvalue weighted by Crippen LogP contribution is 2.29. The molecular formula is C21H23FN2O4S. The third-order valence-corrected chi connectivity index (χ3v) is 7.33. The molecule has 0 bridgehead atoms. The summed E-state index contributed by atoms with van der Waals surface area (Å²) in [5.41, 5.74) is 2.64. The van der Waals surface area contributed by atoms with Crippen molar-refractivity contribution in [3.05, 3.63) is 58.9 Å². The number of benzene rings is 2. The van der Waals surface area contributed by atoms with E-state index in [2.05, 4.69) is 5.32 Å². The summed E-state index contributed by atoms with van der Waals surface area (Å²) in [6.07, 6.45) is 3.97. The molecule has 1 N–H and O–H groups in total. The van der Waals surface area contributed by atoms with E-state index in [0.717, 1.165) is 43.4 Å². The maximum Gasteiger partial charge on any atom is 0.258 e. The van der Waals surface area contributed by atoms with Gasteiger partial charge in [-0.25, -0.2) is 12.8 Å². The number of nitrogens with zero attached hydrogens (tertiary/aromatic N) is 1. The summed E-state index contributed by atoms with van der Waals surface area (Å²) in [6.45, 7) is 1.09. The smallest absolute Gasteiger partial charge is 0.258 e. The molecule has 0 spiro atoms. The lowest BCUT2D eigenvalue weighted by Gasteiger charge is -2.26. The van der Waals surface area contributed by atoms with E-state index >= 15 is 0 Å². The van der Waals surface area contributed by atoms with E-state index in [0.29, 0.717) is 18.9 Å². The average Bonchev–Trinajstić information content (AvgIpc) is 2.75. The first-order chi connectivity index (χ1) is 14.0. The first-order valence-electron chi connectivity index (χ1n) is 9.76. The molecule has 4 rings (SSSR count). The summed E-state index contributed by atoms with van der Waals surface area (Å²) in [4.78, 5) is 12.7. The zero-order valence-electron chi connectivity index (χ0n) is 16.0. The predicted octanol–water partition coefficient (Wildman–Crippen LogP) is 2.98. The van der Waals surface area contributed by atoms with Gasteiger partial charge in [0.15, 0.2) is 0 Å². The van der Waals surface area contributed by atoms with Crippen LogP contribution in [-0.4, -0.2) is 44.9 Å². The average molecular weight is 418 g/mol. The van der Waals surface area contributed by atoms with Gasteiger partial charge < -0.3 is 10.1 Å². The summed E-state index contributed by atoms with van der Waals surface area (Å²) < 4.78 is 46.6. The van der Waals surface area contributed by atoms with E-state index in [1.807, 2.05) is 12.1 Å². The van der Waals surface area contributed by atoms with Crippen molar-refractivity contribution in [1.82, 2.24) is 4.31 Å². The minimum absolute atomic E-state index is 0.0963. The normalized spacial score (nSPS) is 17.6. The SMILES string of the molecule is O=C(Nc1cccc2c1CCCC2)c1cc(S(=O)(=O)N2CCOCC2)ccc1F. The molecule has 0 radical (unpaired) electrons. The van der Waals surface area contributed by atoms with Gasteiger partial charge in [0, 0.05) is 18.8 Å². The van der Waals surface area contributed by atoms with Crippen LogP contribution >= 0.6 is 0 Å². The summed E-state index contributed by atoms with van der Waals surface area (Å²) in [6, 6.07) is 9.05. The van der Waals surface area contributed by atoms with Crippen molar-refractivity contribution in [3.63, 3.8) is 0 Å². The van der Waals surface area contributed by atoms with E-state index in [-0.39, 0.29) is 23.5 Å². The monoisotopic (exact) mass is 418 g/mol. The quantitative estimate of drug-likeness (QED) is 0.828. The summed E-state index contributed by atoms with van der Waals surface area (Å²) in [7, 11) is -3.82. The van der Waals surface area contributed by atoms with Gasteiger partial charge in [-0.3, -0.25) is 4.79 Å². The number of hydrogen-bond acceptors (Lipinski definition) is 4. The van der Waals surface area contributed by atoms with Gasteiger partial charge in [-0.15, -0.1) is 0 Å². The Bertz CT molecular complexity index is 1030. The molecule has 2 aromatic carbocycles. The van der Waals surface area contributed by atoms with Gasteiger partial charge >= 0.3 is 0 Å². The third-order valence-electron chi connectivity index (χ3n) is 5.43. The molecule has 1 saturated heterocycles. The number of anilines is 1. The molecule has 8 heteroatoms. The molecule has 1 heterocycles. The van der Waals surface area contributed by atoms with Crippen LogP contribution in [-0.2, 0) is 27.6 Å². The molecule has 1 aliphatic heterocycles. The van der Waals surface area contributed by atoms with Crippen LogP contribution in [0.1, 0.15) is 34.3 Å². The van der Waals surface area contributed by atoms with Crippen LogP contribution in [0.5, 0.6) is 0 Å². The van der Waals surface area contributed by atoms with Gasteiger partial charge in [-0.1, -0.05) is 12.1 Å². The summed E-state index contributed by atoms with van der Waals surface area (Å²) >= 11 is 0. The van der Waals surface area contributed by atoms with Crippen molar-refractivity contribution in [3.8, 4) is 0 Å². The fraction of sp³-hybridized carbons (Fsp3) is 0.381. The third kappa shape index (κ3) is 4.05. The lowest BCUT2D eigenvalue weighted by Crippen LogP contribution is -2.40. The van der Waals surface area contributed by atoms with Crippen molar-refractivity contribution in [1.29, 1.82) is 0 Å². The van der Waals surface area contributed by atoms with Gasteiger partial charge in [-0.05, 0) is 61.1 Å². The summed E-state index contributed by atoms with van der Waals surface area (Å²) in [5.74, 6) is -1.41. The van der Waals surface area contributed by atoms with Crippen LogP contribution in [0.2, 0.25) is 0 Å².